The van der Waals surface area contributed by atoms with Crippen molar-refractivity contribution in [3.05, 3.63) is 35.4 Å². The molecule has 0 fully saturated rings. The Morgan fingerprint density at radius 3 is 2.63 bits per heavy atom. The second kappa shape index (κ2) is 9.11. The van der Waals surface area contributed by atoms with Crippen molar-refractivity contribution < 1.29 is 0 Å². The molecule has 1 unspecified atom stereocenters. The van der Waals surface area contributed by atoms with Gasteiger partial charge in [-0.15, -0.1) is 0 Å². The Morgan fingerprint density at radius 2 is 2.00 bits per heavy atom. The molecule has 0 heterocycles. The zero-order valence-corrected chi connectivity index (χ0v) is 13.1. The molecular formula is C17H30N2. The fourth-order valence-electron chi connectivity index (χ4n) is 2.41. The lowest BCUT2D eigenvalue weighted by molar-refractivity contribution is 0.303. The first-order valence-electron chi connectivity index (χ1n) is 7.65. The molecule has 0 spiro atoms. The lowest BCUT2D eigenvalue weighted by Gasteiger charge is -2.23. The summed E-state index contributed by atoms with van der Waals surface area (Å²) in [5.74, 6) is 0. The van der Waals surface area contributed by atoms with Crippen LogP contribution in [0.5, 0.6) is 0 Å². The molecule has 0 radical (unpaired) electrons. The summed E-state index contributed by atoms with van der Waals surface area (Å²) in [5, 5.41) is 3.61. The van der Waals surface area contributed by atoms with Crippen molar-refractivity contribution in [3.63, 3.8) is 0 Å². The normalized spacial score (nSPS) is 12.9. The summed E-state index contributed by atoms with van der Waals surface area (Å²) >= 11 is 0. The highest BCUT2D eigenvalue weighted by atomic mass is 15.1. The number of unbranched alkanes of at least 4 members (excludes halogenated alkanes) is 1. The SMILES string of the molecule is CCCCN(C)CCC(NCC)c1cccc(C)c1. The zero-order chi connectivity index (χ0) is 14.1. The van der Waals surface area contributed by atoms with Gasteiger partial charge in [-0.05, 0) is 52.0 Å². The van der Waals surface area contributed by atoms with Crippen LogP contribution in [0.15, 0.2) is 24.3 Å². The Balaban J connectivity index is 2.53. The topological polar surface area (TPSA) is 15.3 Å². The van der Waals surface area contributed by atoms with Gasteiger partial charge in [0.05, 0.1) is 0 Å². The summed E-state index contributed by atoms with van der Waals surface area (Å²) in [6.07, 6.45) is 3.75. The van der Waals surface area contributed by atoms with Crippen LogP contribution in [0, 0.1) is 6.92 Å². The van der Waals surface area contributed by atoms with Crippen molar-refractivity contribution in [3.8, 4) is 0 Å². The highest BCUT2D eigenvalue weighted by Gasteiger charge is 2.11. The van der Waals surface area contributed by atoms with E-state index in [1.54, 1.807) is 0 Å². The van der Waals surface area contributed by atoms with Gasteiger partial charge in [0.15, 0.2) is 0 Å². The Labute approximate surface area is 119 Å². The number of nitrogens with zero attached hydrogens (tertiary/aromatic N) is 1. The summed E-state index contributed by atoms with van der Waals surface area (Å²) in [6, 6.07) is 9.36. The van der Waals surface area contributed by atoms with E-state index in [9.17, 15) is 0 Å². The molecular weight excluding hydrogens is 232 g/mol. The lowest BCUT2D eigenvalue weighted by atomic mass is 10.0. The van der Waals surface area contributed by atoms with Crippen LogP contribution in [0.2, 0.25) is 0 Å². The lowest BCUT2D eigenvalue weighted by Crippen LogP contribution is -2.27. The minimum absolute atomic E-state index is 0.481. The van der Waals surface area contributed by atoms with Gasteiger partial charge in [-0.2, -0.15) is 0 Å². The Morgan fingerprint density at radius 1 is 1.21 bits per heavy atom. The molecule has 0 aliphatic heterocycles. The number of hydrogen-bond acceptors (Lipinski definition) is 2. The van der Waals surface area contributed by atoms with E-state index >= 15 is 0 Å². The second-order valence-electron chi connectivity index (χ2n) is 5.47. The van der Waals surface area contributed by atoms with Crippen molar-refractivity contribution in [1.82, 2.24) is 10.2 Å². The van der Waals surface area contributed by atoms with Crippen LogP contribution in [-0.4, -0.2) is 31.6 Å². The summed E-state index contributed by atoms with van der Waals surface area (Å²) in [7, 11) is 2.23. The molecule has 0 amide bonds. The van der Waals surface area contributed by atoms with E-state index in [1.165, 1.54) is 36.9 Å². The fourth-order valence-corrected chi connectivity index (χ4v) is 2.41. The van der Waals surface area contributed by atoms with E-state index in [4.69, 9.17) is 0 Å². The van der Waals surface area contributed by atoms with Gasteiger partial charge < -0.3 is 10.2 Å². The minimum atomic E-state index is 0.481. The Hall–Kier alpha value is -0.860. The quantitative estimate of drug-likeness (QED) is 0.729. The van der Waals surface area contributed by atoms with E-state index in [1.807, 2.05) is 0 Å². The molecule has 0 bridgehead atoms. The van der Waals surface area contributed by atoms with E-state index in [0.29, 0.717) is 6.04 Å². The first-order chi connectivity index (χ1) is 9.17. The minimum Gasteiger partial charge on any atom is -0.310 e. The van der Waals surface area contributed by atoms with E-state index in [-0.39, 0.29) is 0 Å². The summed E-state index contributed by atoms with van der Waals surface area (Å²) in [4.78, 5) is 2.45. The molecule has 0 saturated carbocycles. The predicted octanol–water partition coefficient (Wildman–Crippen LogP) is 3.77. The number of hydrogen-bond donors (Lipinski definition) is 1. The number of benzene rings is 1. The molecule has 2 nitrogen and oxygen atoms in total. The second-order valence-corrected chi connectivity index (χ2v) is 5.47. The third kappa shape index (κ3) is 6.22. The molecule has 1 atom stereocenters. The van der Waals surface area contributed by atoms with Gasteiger partial charge in [0.25, 0.3) is 0 Å². The fraction of sp³-hybridized carbons (Fsp3) is 0.647. The van der Waals surface area contributed by atoms with Crippen LogP contribution < -0.4 is 5.32 Å². The van der Waals surface area contributed by atoms with Crippen molar-refractivity contribution in [2.24, 2.45) is 0 Å². The molecule has 2 heteroatoms. The third-order valence-corrected chi connectivity index (χ3v) is 3.59. The maximum absolute atomic E-state index is 3.61. The molecule has 0 aliphatic rings. The van der Waals surface area contributed by atoms with Gasteiger partial charge in [-0.25, -0.2) is 0 Å². The van der Waals surface area contributed by atoms with Crippen LogP contribution >= 0.6 is 0 Å². The van der Waals surface area contributed by atoms with Crippen molar-refractivity contribution in [2.75, 3.05) is 26.7 Å². The predicted molar refractivity (Wildman–Crippen MR) is 84.6 cm³/mol. The Kier molecular flexibility index (Phi) is 7.76. The average molecular weight is 262 g/mol. The van der Waals surface area contributed by atoms with Crippen LogP contribution in [0.3, 0.4) is 0 Å². The molecule has 0 saturated heterocycles. The molecule has 1 N–H and O–H groups in total. The summed E-state index contributed by atoms with van der Waals surface area (Å²) in [5.41, 5.74) is 2.77. The van der Waals surface area contributed by atoms with Crippen molar-refractivity contribution >= 4 is 0 Å². The molecule has 0 aliphatic carbocycles. The standard InChI is InChI=1S/C17H30N2/c1-5-7-12-19(4)13-11-17(18-6-2)16-10-8-9-15(3)14-16/h8-10,14,17-18H,5-7,11-13H2,1-4H3. The van der Waals surface area contributed by atoms with Crippen LogP contribution in [0.25, 0.3) is 0 Å². The van der Waals surface area contributed by atoms with E-state index in [2.05, 4.69) is 62.3 Å². The highest BCUT2D eigenvalue weighted by molar-refractivity contribution is 5.25. The van der Waals surface area contributed by atoms with Gasteiger partial charge in [0.2, 0.25) is 0 Å². The maximum atomic E-state index is 3.61. The monoisotopic (exact) mass is 262 g/mol. The highest BCUT2D eigenvalue weighted by Crippen LogP contribution is 2.18. The van der Waals surface area contributed by atoms with Gasteiger partial charge in [-0.3, -0.25) is 0 Å². The van der Waals surface area contributed by atoms with Crippen LogP contribution in [0.4, 0.5) is 0 Å². The number of rotatable bonds is 9. The molecule has 1 rings (SSSR count). The molecule has 108 valence electrons. The van der Waals surface area contributed by atoms with Crippen molar-refractivity contribution in [1.29, 1.82) is 0 Å². The number of nitrogens with one attached hydrogen (secondary N) is 1. The molecule has 1 aromatic rings. The van der Waals surface area contributed by atoms with Gasteiger partial charge in [0, 0.05) is 6.04 Å². The first kappa shape index (κ1) is 16.2. The van der Waals surface area contributed by atoms with Gasteiger partial charge in [-0.1, -0.05) is 50.1 Å². The summed E-state index contributed by atoms with van der Waals surface area (Å²) in [6.45, 7) is 10.00. The van der Waals surface area contributed by atoms with Gasteiger partial charge >= 0.3 is 0 Å². The Bertz CT molecular complexity index is 349. The van der Waals surface area contributed by atoms with Crippen molar-refractivity contribution in [2.45, 2.75) is 46.1 Å². The smallest absolute Gasteiger partial charge is 0.0332 e. The molecule has 0 aromatic heterocycles. The maximum Gasteiger partial charge on any atom is 0.0332 e. The summed E-state index contributed by atoms with van der Waals surface area (Å²) < 4.78 is 0. The number of aryl methyl sites for hydroxylation is 1. The third-order valence-electron chi connectivity index (χ3n) is 3.59. The van der Waals surface area contributed by atoms with E-state index in [0.717, 1.165) is 13.1 Å². The first-order valence-corrected chi connectivity index (χ1v) is 7.65. The van der Waals surface area contributed by atoms with Crippen LogP contribution in [-0.2, 0) is 0 Å². The van der Waals surface area contributed by atoms with Gasteiger partial charge in [0.1, 0.15) is 0 Å². The molecule has 19 heavy (non-hydrogen) atoms. The average Bonchev–Trinajstić information content (AvgIpc) is 2.41. The zero-order valence-electron chi connectivity index (χ0n) is 13.1. The molecule has 1 aromatic carbocycles. The van der Waals surface area contributed by atoms with Crippen LogP contribution in [0.1, 0.15) is 50.3 Å². The van der Waals surface area contributed by atoms with E-state index < -0.39 is 0 Å². The largest absolute Gasteiger partial charge is 0.310 e.